The molecule has 1 fully saturated rings. The second-order valence-electron chi connectivity index (χ2n) is 5.99. The summed E-state index contributed by atoms with van der Waals surface area (Å²) >= 11 is 0. The van der Waals surface area contributed by atoms with Gasteiger partial charge in [-0.05, 0) is 26.7 Å². The second-order valence-corrected chi connectivity index (χ2v) is 5.99. The van der Waals surface area contributed by atoms with Crippen LogP contribution in [-0.2, 0) is 4.79 Å². The summed E-state index contributed by atoms with van der Waals surface area (Å²) in [5.74, 6) is -0.0154. The van der Waals surface area contributed by atoms with E-state index < -0.39 is 5.41 Å². The lowest BCUT2D eigenvalue weighted by molar-refractivity contribution is -0.129. The Morgan fingerprint density at radius 1 is 1.35 bits per heavy atom. The van der Waals surface area contributed by atoms with Crippen molar-refractivity contribution in [2.75, 3.05) is 19.7 Å². The van der Waals surface area contributed by atoms with Gasteiger partial charge in [-0.3, -0.25) is 4.79 Å². The van der Waals surface area contributed by atoms with Crippen LogP contribution in [0.25, 0.3) is 0 Å². The van der Waals surface area contributed by atoms with E-state index in [0.717, 1.165) is 25.7 Å². The highest BCUT2D eigenvalue weighted by Crippen LogP contribution is 2.35. The minimum Gasteiger partial charge on any atom is -0.396 e. The highest BCUT2D eigenvalue weighted by Gasteiger charge is 2.33. The Kier molecular flexibility index (Phi) is 4.95. The van der Waals surface area contributed by atoms with Crippen LogP contribution in [-0.4, -0.2) is 30.7 Å². The molecule has 4 nitrogen and oxygen atoms in total. The summed E-state index contributed by atoms with van der Waals surface area (Å²) in [5, 5.41) is 12.5. The molecule has 1 aliphatic carbocycles. The molecule has 0 radical (unpaired) electrons. The summed E-state index contributed by atoms with van der Waals surface area (Å²) in [6, 6.07) is 0. The number of aliphatic hydroxyl groups is 1. The number of aliphatic hydroxyl groups excluding tert-OH is 1. The molecule has 0 aliphatic heterocycles. The van der Waals surface area contributed by atoms with Crippen LogP contribution in [0.15, 0.2) is 0 Å². The van der Waals surface area contributed by atoms with Crippen molar-refractivity contribution in [3.8, 4) is 0 Å². The molecule has 1 rings (SSSR count). The van der Waals surface area contributed by atoms with Crippen LogP contribution in [0.3, 0.4) is 0 Å². The molecule has 4 N–H and O–H groups in total. The molecule has 0 atom stereocenters. The van der Waals surface area contributed by atoms with Gasteiger partial charge in [0.05, 0.1) is 12.0 Å². The van der Waals surface area contributed by atoms with Gasteiger partial charge in [-0.15, -0.1) is 0 Å². The molecule has 1 amide bonds. The average molecular weight is 242 g/mol. The molecule has 0 heterocycles. The molecule has 0 unspecified atom stereocenters. The van der Waals surface area contributed by atoms with Gasteiger partial charge in [0.1, 0.15) is 0 Å². The summed E-state index contributed by atoms with van der Waals surface area (Å²) in [6.07, 6.45) is 5.55. The maximum atomic E-state index is 11.9. The number of hydrogen-bond donors (Lipinski definition) is 3. The first kappa shape index (κ1) is 14.5. The van der Waals surface area contributed by atoms with Crippen molar-refractivity contribution >= 4 is 5.91 Å². The topological polar surface area (TPSA) is 75.4 Å². The van der Waals surface area contributed by atoms with Gasteiger partial charge >= 0.3 is 0 Å². The van der Waals surface area contributed by atoms with Crippen molar-refractivity contribution in [3.63, 3.8) is 0 Å². The predicted octanol–water partition coefficient (Wildman–Crippen LogP) is 1.03. The monoisotopic (exact) mass is 242 g/mol. The third-order valence-electron chi connectivity index (χ3n) is 4.00. The van der Waals surface area contributed by atoms with Crippen molar-refractivity contribution in [1.82, 2.24) is 5.32 Å². The van der Waals surface area contributed by atoms with Crippen LogP contribution >= 0.6 is 0 Å². The smallest absolute Gasteiger partial charge is 0.226 e. The number of nitrogens with one attached hydrogen (secondary N) is 1. The first-order valence-electron chi connectivity index (χ1n) is 6.55. The van der Waals surface area contributed by atoms with Gasteiger partial charge in [-0.25, -0.2) is 0 Å². The largest absolute Gasteiger partial charge is 0.396 e. The number of amides is 1. The minimum absolute atomic E-state index is 0.0154. The Bertz CT molecular complexity index is 258. The molecule has 0 bridgehead atoms. The highest BCUT2D eigenvalue weighted by atomic mass is 16.3. The Morgan fingerprint density at radius 2 is 1.94 bits per heavy atom. The third kappa shape index (κ3) is 3.68. The second kappa shape index (κ2) is 5.83. The lowest BCUT2D eigenvalue weighted by atomic mass is 9.74. The Morgan fingerprint density at radius 3 is 2.41 bits per heavy atom. The molecule has 0 spiro atoms. The molecular weight excluding hydrogens is 216 g/mol. The van der Waals surface area contributed by atoms with Crippen LogP contribution in [0.4, 0.5) is 0 Å². The zero-order valence-corrected chi connectivity index (χ0v) is 11.1. The molecule has 4 heteroatoms. The number of carbonyl (C=O) groups is 1. The van der Waals surface area contributed by atoms with E-state index in [4.69, 9.17) is 5.73 Å². The van der Waals surface area contributed by atoms with E-state index in [2.05, 4.69) is 5.32 Å². The SMILES string of the molecule is CC(C)(CN)C(=O)NCC1(CO)CCCCC1. The molecule has 1 saturated carbocycles. The minimum atomic E-state index is -0.523. The van der Waals surface area contributed by atoms with E-state index in [0.29, 0.717) is 13.1 Å². The summed E-state index contributed by atoms with van der Waals surface area (Å²) in [5.41, 5.74) is 4.95. The first-order valence-corrected chi connectivity index (χ1v) is 6.55. The van der Waals surface area contributed by atoms with Gasteiger partial charge in [0.25, 0.3) is 0 Å². The van der Waals surface area contributed by atoms with Gasteiger partial charge in [0.2, 0.25) is 5.91 Å². The quantitative estimate of drug-likeness (QED) is 0.674. The fourth-order valence-corrected chi connectivity index (χ4v) is 2.29. The summed E-state index contributed by atoms with van der Waals surface area (Å²) < 4.78 is 0. The average Bonchev–Trinajstić information content (AvgIpc) is 2.37. The van der Waals surface area contributed by atoms with Crippen LogP contribution in [0, 0.1) is 10.8 Å². The maximum absolute atomic E-state index is 11.9. The molecule has 1 aliphatic rings. The number of rotatable bonds is 5. The number of nitrogens with two attached hydrogens (primary N) is 1. The Hall–Kier alpha value is -0.610. The summed E-state index contributed by atoms with van der Waals surface area (Å²) in [6.45, 7) is 4.76. The molecular formula is C13H26N2O2. The Balaban J connectivity index is 2.50. The molecule has 0 aromatic rings. The molecule has 0 aromatic carbocycles. The zero-order chi connectivity index (χ0) is 12.9. The third-order valence-corrected chi connectivity index (χ3v) is 4.00. The van der Waals surface area contributed by atoms with Crippen molar-refractivity contribution in [3.05, 3.63) is 0 Å². The van der Waals surface area contributed by atoms with E-state index in [1.807, 2.05) is 13.8 Å². The predicted molar refractivity (Wildman–Crippen MR) is 68.4 cm³/mol. The van der Waals surface area contributed by atoms with Crippen LogP contribution < -0.4 is 11.1 Å². The van der Waals surface area contributed by atoms with Gasteiger partial charge in [-0.2, -0.15) is 0 Å². The Labute approximate surface area is 104 Å². The van der Waals surface area contributed by atoms with Crippen molar-refractivity contribution in [2.45, 2.75) is 46.0 Å². The van der Waals surface area contributed by atoms with E-state index in [1.54, 1.807) is 0 Å². The standard InChI is InChI=1S/C13H26N2O2/c1-12(2,8-14)11(17)15-9-13(10-16)6-4-3-5-7-13/h16H,3-10,14H2,1-2H3,(H,15,17). The van der Waals surface area contributed by atoms with Crippen LogP contribution in [0.1, 0.15) is 46.0 Å². The van der Waals surface area contributed by atoms with E-state index in [1.165, 1.54) is 6.42 Å². The molecule has 17 heavy (non-hydrogen) atoms. The normalized spacial score (nSPS) is 20.0. The molecule has 100 valence electrons. The molecule has 0 saturated heterocycles. The van der Waals surface area contributed by atoms with Gasteiger partial charge < -0.3 is 16.2 Å². The lowest BCUT2D eigenvalue weighted by Crippen LogP contribution is -2.47. The maximum Gasteiger partial charge on any atom is 0.226 e. The van der Waals surface area contributed by atoms with Crippen LogP contribution in [0.2, 0.25) is 0 Å². The zero-order valence-electron chi connectivity index (χ0n) is 11.1. The lowest BCUT2D eigenvalue weighted by Gasteiger charge is -2.36. The fraction of sp³-hybridized carbons (Fsp3) is 0.923. The first-order chi connectivity index (χ1) is 7.96. The van der Waals surface area contributed by atoms with Crippen molar-refractivity contribution < 1.29 is 9.90 Å². The summed E-state index contributed by atoms with van der Waals surface area (Å²) in [4.78, 5) is 11.9. The summed E-state index contributed by atoms with van der Waals surface area (Å²) in [7, 11) is 0. The van der Waals surface area contributed by atoms with Crippen LogP contribution in [0.5, 0.6) is 0 Å². The fourth-order valence-electron chi connectivity index (χ4n) is 2.29. The van der Waals surface area contributed by atoms with E-state index in [-0.39, 0.29) is 17.9 Å². The van der Waals surface area contributed by atoms with Gasteiger partial charge in [0, 0.05) is 18.5 Å². The number of carbonyl (C=O) groups excluding carboxylic acids is 1. The van der Waals surface area contributed by atoms with Gasteiger partial charge in [-0.1, -0.05) is 19.3 Å². The van der Waals surface area contributed by atoms with Gasteiger partial charge in [0.15, 0.2) is 0 Å². The van der Waals surface area contributed by atoms with E-state index >= 15 is 0 Å². The van der Waals surface area contributed by atoms with E-state index in [9.17, 15) is 9.90 Å². The van der Waals surface area contributed by atoms with Crippen molar-refractivity contribution in [2.24, 2.45) is 16.6 Å². The number of hydrogen-bond acceptors (Lipinski definition) is 3. The molecule has 0 aromatic heterocycles. The highest BCUT2D eigenvalue weighted by molar-refractivity contribution is 5.82. The van der Waals surface area contributed by atoms with Crippen molar-refractivity contribution in [1.29, 1.82) is 0 Å².